The molecule has 0 spiro atoms. The molecule has 0 aliphatic rings. The van der Waals surface area contributed by atoms with E-state index in [2.05, 4.69) is 5.32 Å². The molecule has 0 fully saturated rings. The Morgan fingerprint density at radius 3 is 2.42 bits per heavy atom. The van der Waals surface area contributed by atoms with Crippen LogP contribution in [0, 0.1) is 5.82 Å². The summed E-state index contributed by atoms with van der Waals surface area (Å²) < 4.78 is 39.4. The van der Waals surface area contributed by atoms with E-state index in [1.165, 1.54) is 25.1 Å². The molecule has 2 aromatic carbocycles. The van der Waals surface area contributed by atoms with Crippen LogP contribution in [0.1, 0.15) is 13.8 Å². The van der Waals surface area contributed by atoms with Crippen LogP contribution in [0.5, 0.6) is 0 Å². The lowest BCUT2D eigenvalue weighted by Gasteiger charge is -2.28. The smallest absolute Gasteiger partial charge is 0.248 e. The molecule has 1 amide bonds. The molecule has 1 atom stereocenters. The van der Waals surface area contributed by atoms with Gasteiger partial charge in [0.15, 0.2) is 0 Å². The van der Waals surface area contributed by atoms with Crippen LogP contribution in [0.25, 0.3) is 0 Å². The molecule has 0 unspecified atom stereocenters. The quantitative estimate of drug-likeness (QED) is 0.724. The van der Waals surface area contributed by atoms with Crippen molar-refractivity contribution in [2.45, 2.75) is 24.8 Å². The molecular weight excluding hydrogens is 375 g/mol. The summed E-state index contributed by atoms with van der Waals surface area (Å²) in [6.45, 7) is 3.42. The minimum atomic E-state index is -3.87. The largest absolute Gasteiger partial charge is 0.323 e. The molecule has 0 aromatic heterocycles. The molecule has 5 nitrogen and oxygen atoms in total. The second kappa shape index (κ2) is 8.55. The molecule has 0 radical (unpaired) electrons. The number of amides is 1. The number of nitrogens with zero attached hydrogens (tertiary/aromatic N) is 1. The number of nitrogens with one attached hydrogen (secondary N) is 1. The molecule has 2 rings (SSSR count). The Morgan fingerprint density at radius 1 is 1.19 bits per heavy atom. The first-order valence-electron chi connectivity index (χ1n) is 8.02. The number of carbonyl (C=O) groups is 1. The molecule has 0 bridgehead atoms. The number of benzene rings is 2. The van der Waals surface area contributed by atoms with E-state index in [-0.39, 0.29) is 5.69 Å². The molecule has 0 aliphatic heterocycles. The maximum Gasteiger partial charge on any atom is 0.248 e. The summed E-state index contributed by atoms with van der Waals surface area (Å²) in [5.41, 5.74) is 0.437. The average Bonchev–Trinajstić information content (AvgIpc) is 2.57. The number of carbonyl (C=O) groups excluding carboxylic acids is 1. The van der Waals surface area contributed by atoms with Crippen LogP contribution in [0.3, 0.4) is 0 Å². The first-order valence-corrected chi connectivity index (χ1v) is 10.9. The SMILES string of the molecule is CCSc1ccccc1NC(=O)[C@H](C)N(c1ccccc1F)S(C)(=O)=O. The highest BCUT2D eigenvalue weighted by Crippen LogP contribution is 2.28. The molecule has 2 aromatic rings. The van der Waals surface area contributed by atoms with E-state index in [0.29, 0.717) is 5.69 Å². The van der Waals surface area contributed by atoms with Crippen molar-refractivity contribution in [3.8, 4) is 0 Å². The van der Waals surface area contributed by atoms with Crippen molar-refractivity contribution < 1.29 is 17.6 Å². The summed E-state index contributed by atoms with van der Waals surface area (Å²) in [5, 5.41) is 2.75. The third kappa shape index (κ3) is 4.76. The van der Waals surface area contributed by atoms with E-state index in [0.717, 1.165) is 27.3 Å². The third-order valence-corrected chi connectivity index (χ3v) is 5.81. The molecule has 0 saturated heterocycles. The van der Waals surface area contributed by atoms with Gasteiger partial charge in [-0.15, -0.1) is 11.8 Å². The molecular formula is C18H21FN2O3S2. The highest BCUT2D eigenvalue weighted by atomic mass is 32.2. The van der Waals surface area contributed by atoms with Gasteiger partial charge in [0.2, 0.25) is 15.9 Å². The van der Waals surface area contributed by atoms with Crippen molar-refractivity contribution >= 4 is 39.1 Å². The van der Waals surface area contributed by atoms with Gasteiger partial charge in [-0.25, -0.2) is 12.8 Å². The van der Waals surface area contributed by atoms with Gasteiger partial charge in [0, 0.05) is 4.90 Å². The fraction of sp³-hybridized carbons (Fsp3) is 0.278. The summed E-state index contributed by atoms with van der Waals surface area (Å²) in [4.78, 5) is 13.6. The van der Waals surface area contributed by atoms with E-state index >= 15 is 0 Å². The van der Waals surface area contributed by atoms with Crippen LogP contribution in [-0.4, -0.2) is 32.4 Å². The number of thioether (sulfide) groups is 1. The second-order valence-corrected chi connectivity index (χ2v) is 8.77. The van der Waals surface area contributed by atoms with E-state index in [4.69, 9.17) is 0 Å². The molecule has 140 valence electrons. The van der Waals surface area contributed by atoms with Gasteiger partial charge in [-0.3, -0.25) is 9.10 Å². The number of para-hydroxylation sites is 2. The molecule has 0 heterocycles. The van der Waals surface area contributed by atoms with E-state index in [1.807, 2.05) is 19.1 Å². The second-order valence-electron chi connectivity index (χ2n) is 5.60. The van der Waals surface area contributed by atoms with Crippen molar-refractivity contribution in [2.24, 2.45) is 0 Å². The summed E-state index contributed by atoms with van der Waals surface area (Å²) in [6.07, 6.45) is 0.949. The maximum absolute atomic E-state index is 14.1. The predicted molar refractivity (Wildman–Crippen MR) is 105 cm³/mol. The molecule has 0 saturated carbocycles. The van der Waals surface area contributed by atoms with Gasteiger partial charge in [-0.2, -0.15) is 0 Å². The van der Waals surface area contributed by atoms with Gasteiger partial charge in [0.25, 0.3) is 0 Å². The number of sulfonamides is 1. The maximum atomic E-state index is 14.1. The third-order valence-electron chi connectivity index (χ3n) is 3.62. The summed E-state index contributed by atoms with van der Waals surface area (Å²) in [7, 11) is -3.87. The van der Waals surface area contributed by atoms with Crippen LogP contribution in [0.2, 0.25) is 0 Å². The van der Waals surface area contributed by atoms with Gasteiger partial charge >= 0.3 is 0 Å². The molecule has 0 aliphatic carbocycles. The Morgan fingerprint density at radius 2 is 1.81 bits per heavy atom. The van der Waals surface area contributed by atoms with Gasteiger partial charge in [0.05, 0.1) is 17.6 Å². The van der Waals surface area contributed by atoms with E-state index in [1.54, 1.807) is 23.9 Å². The van der Waals surface area contributed by atoms with Crippen molar-refractivity contribution in [3.05, 3.63) is 54.3 Å². The van der Waals surface area contributed by atoms with E-state index < -0.39 is 27.8 Å². The lowest BCUT2D eigenvalue weighted by atomic mass is 10.2. The Bertz CT molecular complexity index is 888. The number of anilines is 2. The van der Waals surface area contributed by atoms with Crippen LogP contribution in [-0.2, 0) is 14.8 Å². The van der Waals surface area contributed by atoms with Crippen LogP contribution >= 0.6 is 11.8 Å². The average molecular weight is 397 g/mol. The Balaban J connectivity index is 2.34. The number of hydrogen-bond acceptors (Lipinski definition) is 4. The highest BCUT2D eigenvalue weighted by molar-refractivity contribution is 7.99. The fourth-order valence-electron chi connectivity index (χ4n) is 2.50. The predicted octanol–water partition coefficient (Wildman–Crippen LogP) is 3.73. The van der Waals surface area contributed by atoms with Gasteiger partial charge < -0.3 is 5.32 Å². The summed E-state index contributed by atoms with van der Waals surface area (Å²) in [5.74, 6) is -0.421. The minimum Gasteiger partial charge on any atom is -0.323 e. The van der Waals surface area contributed by atoms with Crippen molar-refractivity contribution in [2.75, 3.05) is 21.6 Å². The Kier molecular flexibility index (Phi) is 6.66. The molecule has 8 heteroatoms. The number of halogens is 1. The normalized spacial score (nSPS) is 12.5. The zero-order valence-electron chi connectivity index (χ0n) is 14.8. The van der Waals surface area contributed by atoms with Crippen molar-refractivity contribution in [1.29, 1.82) is 0 Å². The zero-order valence-corrected chi connectivity index (χ0v) is 16.4. The highest BCUT2D eigenvalue weighted by Gasteiger charge is 2.31. The van der Waals surface area contributed by atoms with Crippen molar-refractivity contribution in [1.82, 2.24) is 0 Å². The topological polar surface area (TPSA) is 66.5 Å². The van der Waals surface area contributed by atoms with Crippen molar-refractivity contribution in [3.63, 3.8) is 0 Å². The van der Waals surface area contributed by atoms with Gasteiger partial charge in [-0.1, -0.05) is 31.2 Å². The monoisotopic (exact) mass is 396 g/mol. The van der Waals surface area contributed by atoms with E-state index in [9.17, 15) is 17.6 Å². The molecule has 26 heavy (non-hydrogen) atoms. The number of rotatable bonds is 7. The van der Waals surface area contributed by atoms with Gasteiger partial charge in [0.1, 0.15) is 11.9 Å². The Hall–Kier alpha value is -2.06. The summed E-state index contributed by atoms with van der Waals surface area (Å²) >= 11 is 1.56. The van der Waals surface area contributed by atoms with Crippen LogP contribution in [0.4, 0.5) is 15.8 Å². The number of hydrogen-bond donors (Lipinski definition) is 1. The first-order chi connectivity index (χ1) is 12.3. The first kappa shape index (κ1) is 20.3. The Labute approximate surface area is 157 Å². The lowest BCUT2D eigenvalue weighted by molar-refractivity contribution is -0.116. The standard InChI is InChI=1S/C18H21FN2O3S2/c1-4-25-17-12-8-6-10-15(17)20-18(22)13(2)21(26(3,23)24)16-11-7-5-9-14(16)19/h5-13H,4H2,1-3H3,(H,20,22)/t13-/m0/s1. The van der Waals surface area contributed by atoms with Gasteiger partial charge in [-0.05, 0) is 36.9 Å². The lowest BCUT2D eigenvalue weighted by Crippen LogP contribution is -2.45. The van der Waals surface area contributed by atoms with Crippen LogP contribution in [0.15, 0.2) is 53.4 Å². The summed E-state index contributed by atoms with van der Waals surface area (Å²) in [6, 6.07) is 11.6. The minimum absolute atomic E-state index is 0.158. The fourth-order valence-corrected chi connectivity index (χ4v) is 4.44. The molecule has 1 N–H and O–H groups in total. The zero-order chi connectivity index (χ0) is 19.3. The van der Waals surface area contributed by atoms with Crippen LogP contribution < -0.4 is 9.62 Å².